The number of rotatable bonds is 4. The molecule has 1 aliphatic rings. The lowest BCUT2D eigenvalue weighted by atomic mass is 9.88. The largest absolute Gasteiger partial charge is 0.463 e. The van der Waals surface area contributed by atoms with Gasteiger partial charge < -0.3 is 19.8 Å². The van der Waals surface area contributed by atoms with Crippen molar-refractivity contribution in [3.8, 4) is 0 Å². The number of halogens is 1. The number of anilines is 1. The number of furan rings is 1. The smallest absolute Gasteiger partial charge is 0.373 e. The molecule has 6 nitrogen and oxygen atoms in total. The molecular formula is C16H19ClN2O4. The molecule has 0 bridgehead atoms. The summed E-state index contributed by atoms with van der Waals surface area (Å²) in [4.78, 5) is 23.7. The number of carbonyl (C=O) groups is 2. The second-order valence-electron chi connectivity index (χ2n) is 5.55. The van der Waals surface area contributed by atoms with Crippen LogP contribution in [0.15, 0.2) is 28.7 Å². The summed E-state index contributed by atoms with van der Waals surface area (Å²) in [6.45, 7) is 3.71. The van der Waals surface area contributed by atoms with Crippen molar-refractivity contribution in [3.05, 3.63) is 30.0 Å². The van der Waals surface area contributed by atoms with E-state index in [2.05, 4.69) is 15.4 Å². The molecule has 0 aliphatic carbocycles. The van der Waals surface area contributed by atoms with Crippen LogP contribution in [0.1, 0.15) is 17.5 Å². The Bertz CT molecular complexity index is 724. The van der Waals surface area contributed by atoms with Gasteiger partial charge in [-0.1, -0.05) is 6.92 Å². The summed E-state index contributed by atoms with van der Waals surface area (Å²) in [5.74, 6) is -0.0131. The number of hydrogen-bond acceptors (Lipinski definition) is 5. The van der Waals surface area contributed by atoms with Gasteiger partial charge in [0.1, 0.15) is 5.58 Å². The van der Waals surface area contributed by atoms with E-state index in [0.29, 0.717) is 17.2 Å². The van der Waals surface area contributed by atoms with Crippen LogP contribution in [0.3, 0.4) is 0 Å². The van der Waals surface area contributed by atoms with Crippen molar-refractivity contribution in [2.24, 2.45) is 11.8 Å². The van der Waals surface area contributed by atoms with Gasteiger partial charge in [0.05, 0.1) is 7.11 Å². The van der Waals surface area contributed by atoms with Gasteiger partial charge in [-0.25, -0.2) is 4.79 Å². The highest BCUT2D eigenvalue weighted by molar-refractivity contribution is 5.97. The minimum Gasteiger partial charge on any atom is -0.463 e. The number of fused-ring (bicyclic) bond motifs is 1. The first-order chi connectivity index (χ1) is 10.6. The zero-order valence-corrected chi connectivity index (χ0v) is 13.7. The van der Waals surface area contributed by atoms with Crippen molar-refractivity contribution in [3.63, 3.8) is 0 Å². The molecule has 3 rings (SSSR count). The van der Waals surface area contributed by atoms with Gasteiger partial charge in [0.15, 0.2) is 0 Å². The predicted molar refractivity (Wildman–Crippen MR) is 89.0 cm³/mol. The van der Waals surface area contributed by atoms with Gasteiger partial charge in [0, 0.05) is 17.0 Å². The van der Waals surface area contributed by atoms with Crippen molar-refractivity contribution in [2.75, 3.05) is 25.5 Å². The summed E-state index contributed by atoms with van der Waals surface area (Å²) in [6.07, 6.45) is 0. The number of hydrogen-bond donors (Lipinski definition) is 2. The molecule has 2 aromatic rings. The Kier molecular flexibility index (Phi) is 5.28. The predicted octanol–water partition coefficient (Wildman–Crippen LogP) is 2.44. The maximum Gasteiger partial charge on any atom is 0.373 e. The molecule has 2 heterocycles. The van der Waals surface area contributed by atoms with Crippen molar-refractivity contribution in [1.82, 2.24) is 5.32 Å². The van der Waals surface area contributed by atoms with E-state index < -0.39 is 5.97 Å². The first kappa shape index (κ1) is 17.3. The van der Waals surface area contributed by atoms with Crippen LogP contribution in [0.2, 0.25) is 0 Å². The maximum atomic E-state index is 12.2. The Morgan fingerprint density at radius 2 is 2.09 bits per heavy atom. The van der Waals surface area contributed by atoms with Gasteiger partial charge in [0.2, 0.25) is 11.7 Å². The first-order valence-electron chi connectivity index (χ1n) is 7.22. The van der Waals surface area contributed by atoms with Gasteiger partial charge in [-0.15, -0.1) is 12.4 Å². The molecular weight excluding hydrogens is 320 g/mol. The summed E-state index contributed by atoms with van der Waals surface area (Å²) in [7, 11) is 1.30. The van der Waals surface area contributed by atoms with Crippen molar-refractivity contribution >= 4 is 40.9 Å². The highest BCUT2D eigenvalue weighted by Crippen LogP contribution is 2.25. The minimum atomic E-state index is -0.520. The minimum absolute atomic E-state index is 0. The standard InChI is InChI=1S/C16H18N2O4.ClH/c1-9(11-7-17-8-11)15(19)18-12-3-4-13-10(5-12)6-14(22-13)16(20)21-2;/h3-6,9,11,17H,7-8H2,1-2H3,(H,18,19);1H. The van der Waals surface area contributed by atoms with E-state index >= 15 is 0 Å². The average Bonchev–Trinajstić information content (AvgIpc) is 2.87. The molecule has 1 aromatic heterocycles. The van der Waals surface area contributed by atoms with Crippen LogP contribution >= 0.6 is 12.4 Å². The Morgan fingerprint density at radius 1 is 1.35 bits per heavy atom. The first-order valence-corrected chi connectivity index (χ1v) is 7.22. The highest BCUT2D eigenvalue weighted by atomic mass is 35.5. The fourth-order valence-electron chi connectivity index (χ4n) is 2.46. The SMILES string of the molecule is COC(=O)c1cc2cc(NC(=O)C(C)C3CNC3)ccc2o1.Cl. The van der Waals surface area contributed by atoms with Crippen LogP contribution in [0.25, 0.3) is 11.0 Å². The van der Waals surface area contributed by atoms with E-state index in [9.17, 15) is 9.59 Å². The van der Waals surface area contributed by atoms with Gasteiger partial charge in [-0.3, -0.25) is 4.79 Å². The Balaban J connectivity index is 0.00000192. The second kappa shape index (κ2) is 7.02. The fourth-order valence-corrected chi connectivity index (χ4v) is 2.46. The summed E-state index contributed by atoms with van der Waals surface area (Å²) >= 11 is 0. The third kappa shape index (κ3) is 3.48. The van der Waals surface area contributed by atoms with E-state index in [0.717, 1.165) is 18.5 Å². The van der Waals surface area contributed by atoms with Crippen LogP contribution in [0.5, 0.6) is 0 Å². The van der Waals surface area contributed by atoms with Crippen molar-refractivity contribution in [1.29, 1.82) is 0 Å². The number of methoxy groups -OCH3 is 1. The van der Waals surface area contributed by atoms with Crippen LogP contribution in [0.4, 0.5) is 5.69 Å². The molecule has 1 amide bonds. The van der Waals surface area contributed by atoms with Crippen LogP contribution in [-0.4, -0.2) is 32.1 Å². The Labute approximate surface area is 140 Å². The summed E-state index contributed by atoms with van der Waals surface area (Å²) < 4.78 is 10.0. The van der Waals surface area contributed by atoms with Gasteiger partial charge >= 0.3 is 5.97 Å². The number of ether oxygens (including phenoxy) is 1. The van der Waals surface area contributed by atoms with E-state index in [-0.39, 0.29) is 30.0 Å². The quantitative estimate of drug-likeness (QED) is 0.837. The molecule has 0 spiro atoms. The van der Waals surface area contributed by atoms with Crippen LogP contribution in [0, 0.1) is 11.8 Å². The summed E-state index contributed by atoms with van der Waals surface area (Å²) in [6, 6.07) is 6.88. The molecule has 7 heteroatoms. The monoisotopic (exact) mass is 338 g/mol. The van der Waals surface area contributed by atoms with Crippen LogP contribution in [-0.2, 0) is 9.53 Å². The molecule has 1 atom stereocenters. The molecule has 23 heavy (non-hydrogen) atoms. The summed E-state index contributed by atoms with van der Waals surface area (Å²) in [5.41, 5.74) is 1.27. The molecule has 1 fully saturated rings. The Morgan fingerprint density at radius 3 is 2.70 bits per heavy atom. The molecule has 124 valence electrons. The van der Waals surface area contributed by atoms with E-state index in [1.165, 1.54) is 7.11 Å². The third-order valence-corrected chi connectivity index (χ3v) is 4.10. The van der Waals surface area contributed by atoms with Crippen molar-refractivity contribution < 1.29 is 18.7 Å². The number of carbonyl (C=O) groups excluding carboxylic acids is 2. The normalized spacial score (nSPS) is 15.4. The molecule has 0 saturated carbocycles. The number of esters is 1. The lowest BCUT2D eigenvalue weighted by molar-refractivity contribution is -0.121. The van der Waals surface area contributed by atoms with Crippen LogP contribution < -0.4 is 10.6 Å². The lowest BCUT2D eigenvalue weighted by Crippen LogP contribution is -2.48. The number of amides is 1. The van der Waals surface area contributed by atoms with Gasteiger partial charge in [-0.2, -0.15) is 0 Å². The van der Waals surface area contributed by atoms with E-state index in [1.54, 1.807) is 24.3 Å². The van der Waals surface area contributed by atoms with Crippen molar-refractivity contribution in [2.45, 2.75) is 6.92 Å². The fraction of sp³-hybridized carbons (Fsp3) is 0.375. The zero-order valence-electron chi connectivity index (χ0n) is 12.9. The molecule has 1 aromatic carbocycles. The Hall–Kier alpha value is -2.05. The number of nitrogens with one attached hydrogen (secondary N) is 2. The summed E-state index contributed by atoms with van der Waals surface area (Å²) in [5, 5.41) is 6.83. The highest BCUT2D eigenvalue weighted by Gasteiger charge is 2.28. The molecule has 1 saturated heterocycles. The second-order valence-corrected chi connectivity index (χ2v) is 5.55. The van der Waals surface area contributed by atoms with Gasteiger partial charge in [-0.05, 0) is 43.3 Å². The van der Waals surface area contributed by atoms with E-state index in [1.807, 2.05) is 6.92 Å². The van der Waals surface area contributed by atoms with Gasteiger partial charge in [0.25, 0.3) is 0 Å². The molecule has 0 radical (unpaired) electrons. The average molecular weight is 339 g/mol. The molecule has 2 N–H and O–H groups in total. The lowest BCUT2D eigenvalue weighted by Gasteiger charge is -2.31. The zero-order chi connectivity index (χ0) is 15.7. The third-order valence-electron chi connectivity index (χ3n) is 4.10. The maximum absolute atomic E-state index is 12.2. The number of benzene rings is 1. The molecule has 1 unspecified atom stereocenters. The van der Waals surface area contributed by atoms with E-state index in [4.69, 9.17) is 4.42 Å². The topological polar surface area (TPSA) is 80.6 Å². The molecule has 1 aliphatic heterocycles.